The van der Waals surface area contributed by atoms with E-state index in [2.05, 4.69) is 27.7 Å². The van der Waals surface area contributed by atoms with Crippen LogP contribution in [0.25, 0.3) is 0 Å². The highest BCUT2D eigenvalue weighted by molar-refractivity contribution is 4.48. The molecule has 0 atom stereocenters. The van der Waals surface area contributed by atoms with Crippen molar-refractivity contribution in [3.05, 3.63) is 0 Å². The smallest absolute Gasteiger partial charge is 0.142 e. The minimum atomic E-state index is 0.452. The molecule has 0 aliphatic rings. The fourth-order valence-corrected chi connectivity index (χ4v) is 3.90. The highest BCUT2D eigenvalue weighted by Gasteiger charge is 2.31. The van der Waals surface area contributed by atoms with Crippen LogP contribution in [0.5, 0.6) is 0 Å². The van der Waals surface area contributed by atoms with E-state index in [-0.39, 0.29) is 0 Å². The van der Waals surface area contributed by atoms with E-state index in [0.29, 0.717) is 4.81 Å². The van der Waals surface area contributed by atoms with E-state index < -0.39 is 0 Å². The third-order valence-electron chi connectivity index (χ3n) is 5.77. The summed E-state index contributed by atoms with van der Waals surface area (Å²) < 4.78 is 0. The molecular weight excluding hydrogens is 358 g/mol. The summed E-state index contributed by atoms with van der Waals surface area (Å²) in [6.45, 7) is 12.6. The average Bonchev–Trinajstić information content (AvgIpc) is 2.74. The lowest BCUT2D eigenvalue weighted by Crippen LogP contribution is -2.49. The predicted molar refractivity (Wildman–Crippen MR) is 128 cm³/mol. The topological polar surface area (TPSA) is 18.5 Å². The van der Waals surface area contributed by atoms with Gasteiger partial charge in [-0.25, -0.2) is 0 Å². The van der Waals surface area contributed by atoms with Crippen molar-refractivity contribution < 1.29 is 14.5 Å². The minimum absolute atomic E-state index is 0.452. The van der Waals surface area contributed by atoms with Gasteiger partial charge in [0.2, 0.25) is 0 Å². The van der Waals surface area contributed by atoms with Crippen LogP contribution in [0.15, 0.2) is 0 Å². The molecule has 0 amide bonds. The standard InChI is InChI=1S/C26H56NO2/c1-5-9-11-13-15-17-19-21-23-27(28-25-7-3,29-26-8-4)24-22-20-18-16-14-12-10-6-2/h5-26H2,1-4H3/q+1. The average molecular weight is 415 g/mol. The van der Waals surface area contributed by atoms with Crippen molar-refractivity contribution in [2.24, 2.45) is 0 Å². The van der Waals surface area contributed by atoms with E-state index in [9.17, 15) is 0 Å². The van der Waals surface area contributed by atoms with Crippen molar-refractivity contribution in [2.75, 3.05) is 26.3 Å². The summed E-state index contributed by atoms with van der Waals surface area (Å²) >= 11 is 0. The summed E-state index contributed by atoms with van der Waals surface area (Å²) in [6, 6.07) is 0. The Morgan fingerprint density at radius 1 is 0.379 bits per heavy atom. The van der Waals surface area contributed by atoms with Gasteiger partial charge in [0.1, 0.15) is 26.3 Å². The van der Waals surface area contributed by atoms with E-state index >= 15 is 0 Å². The number of unbranched alkanes of at least 4 members (excludes halogenated alkanes) is 14. The molecule has 0 unspecified atom stereocenters. The second-order valence-corrected chi connectivity index (χ2v) is 8.88. The van der Waals surface area contributed by atoms with E-state index in [1.54, 1.807) is 0 Å². The van der Waals surface area contributed by atoms with E-state index in [4.69, 9.17) is 9.68 Å². The molecule has 0 spiro atoms. The van der Waals surface area contributed by atoms with Crippen LogP contribution < -0.4 is 0 Å². The summed E-state index contributed by atoms with van der Waals surface area (Å²) in [6.07, 6.45) is 23.8. The molecule has 0 heterocycles. The predicted octanol–water partition coefficient (Wildman–Crippen LogP) is 8.77. The molecule has 0 N–H and O–H groups in total. The van der Waals surface area contributed by atoms with Gasteiger partial charge in [-0.3, -0.25) is 0 Å². The Balaban J connectivity index is 4.25. The van der Waals surface area contributed by atoms with Gasteiger partial charge in [-0.2, -0.15) is 9.68 Å². The van der Waals surface area contributed by atoms with Gasteiger partial charge in [0.05, 0.1) is 0 Å². The van der Waals surface area contributed by atoms with Gasteiger partial charge in [-0.15, -0.1) is 0 Å². The Morgan fingerprint density at radius 2 is 0.690 bits per heavy atom. The molecule has 176 valence electrons. The largest absolute Gasteiger partial charge is 0.168 e. The van der Waals surface area contributed by atoms with Gasteiger partial charge in [0.15, 0.2) is 0 Å². The summed E-state index contributed by atoms with van der Waals surface area (Å²) in [4.78, 5) is 13.1. The second-order valence-electron chi connectivity index (χ2n) is 8.88. The molecule has 0 aromatic rings. The van der Waals surface area contributed by atoms with Gasteiger partial charge >= 0.3 is 0 Å². The first-order valence-electron chi connectivity index (χ1n) is 13.4. The third-order valence-corrected chi connectivity index (χ3v) is 5.77. The Morgan fingerprint density at radius 3 is 1.00 bits per heavy atom. The van der Waals surface area contributed by atoms with Crippen LogP contribution in [0, 0.1) is 0 Å². The van der Waals surface area contributed by atoms with Gasteiger partial charge in [-0.1, -0.05) is 105 Å². The first-order valence-corrected chi connectivity index (χ1v) is 13.4. The number of hydrogen-bond donors (Lipinski definition) is 0. The Labute approximate surface area is 184 Å². The van der Waals surface area contributed by atoms with Crippen molar-refractivity contribution >= 4 is 0 Å². The molecule has 29 heavy (non-hydrogen) atoms. The van der Waals surface area contributed by atoms with Crippen LogP contribution in [0.2, 0.25) is 0 Å². The summed E-state index contributed by atoms with van der Waals surface area (Å²) in [5.74, 6) is 0. The van der Waals surface area contributed by atoms with Crippen molar-refractivity contribution in [2.45, 2.75) is 143 Å². The third kappa shape index (κ3) is 18.4. The zero-order valence-electron chi connectivity index (χ0n) is 20.8. The molecule has 0 rings (SSSR count). The van der Waals surface area contributed by atoms with Crippen LogP contribution in [0.4, 0.5) is 0 Å². The summed E-state index contributed by atoms with van der Waals surface area (Å²) in [7, 11) is 0. The molecule has 0 aromatic carbocycles. The lowest BCUT2D eigenvalue weighted by molar-refractivity contribution is -1.25. The molecule has 3 heteroatoms. The van der Waals surface area contributed by atoms with Crippen molar-refractivity contribution in [1.29, 1.82) is 0 Å². The maximum atomic E-state index is 6.32. The number of hydrogen-bond acceptors (Lipinski definition) is 2. The Kier molecular flexibility index (Phi) is 22.5. The Hall–Kier alpha value is -0.120. The van der Waals surface area contributed by atoms with Gasteiger partial charge in [0.25, 0.3) is 0 Å². The Bertz CT molecular complexity index is 279. The summed E-state index contributed by atoms with van der Waals surface area (Å²) in [5, 5.41) is 0. The molecule has 0 aliphatic heterocycles. The zero-order valence-corrected chi connectivity index (χ0v) is 20.8. The van der Waals surface area contributed by atoms with Crippen LogP contribution >= 0.6 is 0 Å². The molecule has 3 nitrogen and oxygen atoms in total. The number of rotatable bonds is 24. The monoisotopic (exact) mass is 414 g/mol. The number of hydroxylamine groups is 4. The fourth-order valence-electron chi connectivity index (χ4n) is 3.90. The normalized spacial score (nSPS) is 12.0. The highest BCUT2D eigenvalue weighted by atomic mass is 17.0. The van der Waals surface area contributed by atoms with Crippen molar-refractivity contribution in [3.63, 3.8) is 0 Å². The lowest BCUT2D eigenvalue weighted by Gasteiger charge is -2.32. The molecule has 0 saturated carbocycles. The van der Waals surface area contributed by atoms with E-state index in [1.165, 1.54) is 103 Å². The van der Waals surface area contributed by atoms with Crippen molar-refractivity contribution in [1.82, 2.24) is 0 Å². The molecule has 0 aromatic heterocycles. The molecule has 0 fully saturated rings. The molecule has 0 radical (unpaired) electrons. The van der Waals surface area contributed by atoms with Gasteiger partial charge < -0.3 is 0 Å². The maximum absolute atomic E-state index is 6.32. The second kappa shape index (κ2) is 22.6. The molecule has 0 aliphatic carbocycles. The van der Waals surface area contributed by atoms with Crippen LogP contribution in [-0.4, -0.2) is 31.1 Å². The SMILES string of the molecule is CCCCCCCCCC[N+](CCCCCCCCCC)(OCCC)OCCC. The molecule has 0 saturated heterocycles. The van der Waals surface area contributed by atoms with Crippen LogP contribution in [0.1, 0.15) is 143 Å². The first kappa shape index (κ1) is 28.9. The zero-order chi connectivity index (χ0) is 21.5. The number of nitrogens with zero attached hydrogens (tertiary/aromatic N) is 1. The quantitative estimate of drug-likeness (QED) is 0.0892. The maximum Gasteiger partial charge on any atom is 0.142 e. The van der Waals surface area contributed by atoms with Gasteiger partial charge in [-0.05, 0) is 30.5 Å². The molecule has 0 bridgehead atoms. The van der Waals surface area contributed by atoms with Crippen molar-refractivity contribution in [3.8, 4) is 0 Å². The van der Waals surface area contributed by atoms with Crippen LogP contribution in [0.3, 0.4) is 0 Å². The molecular formula is C26H56NO2+. The minimum Gasteiger partial charge on any atom is -0.168 e. The fraction of sp³-hybridized carbons (Fsp3) is 1.00. The summed E-state index contributed by atoms with van der Waals surface area (Å²) in [5.41, 5.74) is 0. The van der Waals surface area contributed by atoms with E-state index in [1.807, 2.05) is 0 Å². The van der Waals surface area contributed by atoms with Gasteiger partial charge in [0, 0.05) is 12.8 Å². The van der Waals surface area contributed by atoms with E-state index in [0.717, 1.165) is 39.1 Å². The van der Waals surface area contributed by atoms with Crippen LogP contribution in [-0.2, 0) is 9.68 Å². The lowest BCUT2D eigenvalue weighted by atomic mass is 10.1. The number of quaternary nitrogens is 1. The first-order chi connectivity index (χ1) is 14.2. The highest BCUT2D eigenvalue weighted by Crippen LogP contribution is 2.19.